The minimum Gasteiger partial charge on any atom is -0.465 e. The zero-order valence-electron chi connectivity index (χ0n) is 16.8. The fourth-order valence-electron chi connectivity index (χ4n) is 2.77. The number of methoxy groups -OCH3 is 1. The van der Waals surface area contributed by atoms with Gasteiger partial charge >= 0.3 is 12.3 Å². The number of benzene rings is 2. The average Bonchev–Trinajstić information content (AvgIpc) is 2.93. The first-order chi connectivity index (χ1) is 15.1. The van der Waals surface area contributed by atoms with Gasteiger partial charge in [-0.2, -0.15) is 0 Å². The summed E-state index contributed by atoms with van der Waals surface area (Å²) in [5.41, 5.74) is 1.23. The maximum Gasteiger partial charge on any atom is 0.573 e. The highest BCUT2D eigenvalue weighted by atomic mass is 35.5. The second-order valence-electron chi connectivity index (χ2n) is 6.55. The Labute approximate surface area is 185 Å². The van der Waals surface area contributed by atoms with Crippen LogP contribution >= 0.6 is 11.6 Å². The second-order valence-corrected chi connectivity index (χ2v) is 6.96. The van der Waals surface area contributed by atoms with Gasteiger partial charge in [0.1, 0.15) is 28.6 Å². The molecule has 0 spiro atoms. The third kappa shape index (κ3) is 5.67. The van der Waals surface area contributed by atoms with E-state index in [2.05, 4.69) is 9.73 Å². The molecule has 0 atom stereocenters. The number of hydrogen-bond acceptors (Lipinski definition) is 5. The largest absolute Gasteiger partial charge is 0.573 e. The Morgan fingerprint density at radius 1 is 1.16 bits per heavy atom. The zero-order chi connectivity index (χ0) is 23.5. The van der Waals surface area contributed by atoms with Gasteiger partial charge in [0.15, 0.2) is 0 Å². The summed E-state index contributed by atoms with van der Waals surface area (Å²) in [4.78, 5) is 16.6. The van der Waals surface area contributed by atoms with Gasteiger partial charge in [-0.05, 0) is 36.8 Å². The molecule has 2 aromatic carbocycles. The van der Waals surface area contributed by atoms with Crippen LogP contribution in [0, 0.1) is 12.7 Å². The van der Waals surface area contributed by atoms with Crippen molar-refractivity contribution >= 4 is 23.3 Å². The van der Waals surface area contributed by atoms with Crippen molar-refractivity contribution in [2.24, 2.45) is 4.99 Å². The van der Waals surface area contributed by atoms with Gasteiger partial charge in [0, 0.05) is 17.7 Å². The van der Waals surface area contributed by atoms with E-state index in [1.54, 1.807) is 19.1 Å². The number of aliphatic imine (C=N–C) groups is 1. The summed E-state index contributed by atoms with van der Waals surface area (Å²) in [6.45, 7) is 1.69. The molecule has 0 amide bonds. The molecule has 168 valence electrons. The highest BCUT2D eigenvalue weighted by Crippen LogP contribution is 2.34. The highest BCUT2D eigenvalue weighted by Gasteiger charge is 2.31. The van der Waals surface area contributed by atoms with Crippen LogP contribution < -0.4 is 9.47 Å². The van der Waals surface area contributed by atoms with Crippen molar-refractivity contribution in [1.29, 1.82) is 0 Å². The minimum atomic E-state index is -4.88. The summed E-state index contributed by atoms with van der Waals surface area (Å²) in [5.74, 6) is -1.77. The molecule has 0 saturated heterocycles. The smallest absolute Gasteiger partial charge is 0.465 e. The topological polar surface area (TPSA) is 57.1 Å². The first-order valence-corrected chi connectivity index (χ1v) is 9.50. The predicted octanol–water partition coefficient (Wildman–Crippen LogP) is 5.55. The standard InChI is InChI=1S/C22H16ClF4NO4/c1-12-3-4-13(9-17(12)24)18-11-20(15(7-8-28-18)21(29)30-2)31-19-6-5-14(10-16(19)23)32-22(25,26)27/h3-7,9-11H,8H2,1-2H3. The van der Waals surface area contributed by atoms with Crippen molar-refractivity contribution < 1.29 is 36.6 Å². The van der Waals surface area contributed by atoms with Crippen LogP contribution in [-0.4, -0.2) is 31.7 Å². The maximum atomic E-state index is 14.0. The molecule has 0 fully saturated rings. The summed E-state index contributed by atoms with van der Waals surface area (Å²) in [6, 6.07) is 7.63. The summed E-state index contributed by atoms with van der Waals surface area (Å²) >= 11 is 6.06. The maximum absolute atomic E-state index is 14.0. The first kappa shape index (κ1) is 23.3. The summed E-state index contributed by atoms with van der Waals surface area (Å²) in [5, 5.41) is -0.194. The van der Waals surface area contributed by atoms with Gasteiger partial charge in [-0.3, -0.25) is 4.99 Å². The van der Waals surface area contributed by atoms with Crippen LogP contribution in [0.5, 0.6) is 11.5 Å². The molecule has 3 rings (SSSR count). The number of alkyl halides is 3. The van der Waals surface area contributed by atoms with Crippen molar-refractivity contribution in [3.05, 3.63) is 81.8 Å². The average molecular weight is 470 g/mol. The molecule has 0 N–H and O–H groups in total. The van der Waals surface area contributed by atoms with Gasteiger partial charge in [0.25, 0.3) is 0 Å². The fourth-order valence-corrected chi connectivity index (χ4v) is 2.98. The monoisotopic (exact) mass is 469 g/mol. The van der Waals surface area contributed by atoms with Gasteiger partial charge < -0.3 is 14.2 Å². The number of nitrogens with zero attached hydrogens (tertiary/aromatic N) is 1. The number of carbonyl (C=O) groups is 1. The van der Waals surface area contributed by atoms with E-state index in [0.29, 0.717) is 16.8 Å². The number of carbonyl (C=O) groups excluding carboxylic acids is 1. The quantitative estimate of drug-likeness (QED) is 0.425. The lowest BCUT2D eigenvalue weighted by atomic mass is 10.1. The van der Waals surface area contributed by atoms with E-state index in [9.17, 15) is 22.4 Å². The van der Waals surface area contributed by atoms with E-state index < -0.39 is 23.9 Å². The Morgan fingerprint density at radius 2 is 1.91 bits per heavy atom. The lowest BCUT2D eigenvalue weighted by Gasteiger charge is -2.15. The Bertz CT molecular complexity index is 1140. The van der Waals surface area contributed by atoms with E-state index in [-0.39, 0.29) is 28.6 Å². The van der Waals surface area contributed by atoms with Crippen molar-refractivity contribution in [2.75, 3.05) is 13.7 Å². The molecule has 10 heteroatoms. The third-order valence-electron chi connectivity index (χ3n) is 4.32. The van der Waals surface area contributed by atoms with Gasteiger partial charge in [-0.1, -0.05) is 23.7 Å². The molecule has 2 aromatic rings. The lowest BCUT2D eigenvalue weighted by molar-refractivity contribution is -0.274. The molecule has 0 aromatic heterocycles. The summed E-state index contributed by atoms with van der Waals surface area (Å²) in [7, 11) is 1.18. The van der Waals surface area contributed by atoms with Gasteiger partial charge in [0.2, 0.25) is 0 Å². The number of rotatable bonds is 5. The Kier molecular flexibility index (Phi) is 6.88. The second kappa shape index (κ2) is 9.44. The molecule has 1 aliphatic heterocycles. The number of aryl methyl sites for hydroxylation is 1. The molecule has 0 unspecified atom stereocenters. The van der Waals surface area contributed by atoms with Crippen molar-refractivity contribution in [2.45, 2.75) is 13.3 Å². The third-order valence-corrected chi connectivity index (χ3v) is 4.62. The van der Waals surface area contributed by atoms with Crippen LogP contribution in [0.3, 0.4) is 0 Å². The first-order valence-electron chi connectivity index (χ1n) is 9.12. The molecule has 1 aliphatic rings. The molecular weight excluding hydrogens is 454 g/mol. The van der Waals surface area contributed by atoms with Crippen molar-refractivity contribution in [3.63, 3.8) is 0 Å². The predicted molar refractivity (Wildman–Crippen MR) is 109 cm³/mol. The van der Waals surface area contributed by atoms with Gasteiger partial charge in [-0.25, -0.2) is 9.18 Å². The molecular formula is C22H16ClF4NO4. The molecule has 5 nitrogen and oxygen atoms in total. The fraction of sp³-hybridized carbons (Fsp3) is 0.182. The summed E-state index contributed by atoms with van der Waals surface area (Å²) < 4.78 is 65.7. The van der Waals surface area contributed by atoms with Crippen LogP contribution in [0.1, 0.15) is 11.1 Å². The summed E-state index contributed by atoms with van der Waals surface area (Å²) in [6.07, 6.45) is -2.04. The van der Waals surface area contributed by atoms with Crippen LogP contribution in [0.4, 0.5) is 17.6 Å². The Hall–Kier alpha value is -3.33. The van der Waals surface area contributed by atoms with Crippen LogP contribution in [0.15, 0.2) is 64.9 Å². The van der Waals surface area contributed by atoms with E-state index >= 15 is 0 Å². The number of ether oxygens (including phenoxy) is 3. The molecule has 0 radical (unpaired) electrons. The Balaban J connectivity index is 1.98. The minimum absolute atomic E-state index is 0.0190. The van der Waals surface area contributed by atoms with E-state index in [4.69, 9.17) is 21.1 Å². The molecule has 32 heavy (non-hydrogen) atoms. The van der Waals surface area contributed by atoms with E-state index in [1.165, 1.54) is 25.3 Å². The molecule has 1 heterocycles. The van der Waals surface area contributed by atoms with Gasteiger partial charge in [-0.15, -0.1) is 13.2 Å². The van der Waals surface area contributed by atoms with Crippen molar-refractivity contribution in [3.8, 4) is 11.5 Å². The lowest BCUT2D eigenvalue weighted by Crippen LogP contribution is -2.17. The number of halogens is 5. The van der Waals surface area contributed by atoms with Crippen molar-refractivity contribution in [1.82, 2.24) is 0 Å². The highest BCUT2D eigenvalue weighted by molar-refractivity contribution is 6.32. The van der Waals surface area contributed by atoms with E-state index in [1.807, 2.05) is 0 Å². The van der Waals surface area contributed by atoms with E-state index in [0.717, 1.165) is 18.2 Å². The number of allylic oxidation sites excluding steroid dienone is 1. The molecule has 0 bridgehead atoms. The zero-order valence-corrected chi connectivity index (χ0v) is 17.6. The van der Waals surface area contributed by atoms with Crippen LogP contribution in [0.25, 0.3) is 0 Å². The van der Waals surface area contributed by atoms with Crippen LogP contribution in [0.2, 0.25) is 5.02 Å². The molecule has 0 saturated carbocycles. The number of hydrogen-bond donors (Lipinski definition) is 0. The Morgan fingerprint density at radius 3 is 2.53 bits per heavy atom. The van der Waals surface area contributed by atoms with Crippen LogP contribution in [-0.2, 0) is 9.53 Å². The number of esters is 1. The van der Waals surface area contributed by atoms with Gasteiger partial charge in [0.05, 0.1) is 24.4 Å². The molecule has 0 aliphatic carbocycles. The SMILES string of the molecule is COC(=O)C1=CCN=C(c2ccc(C)c(F)c2)C=C1Oc1ccc(OC(F)(F)F)cc1Cl. The normalized spacial score (nSPS) is 14.0.